The van der Waals surface area contributed by atoms with Crippen LogP contribution in [0.5, 0.6) is 0 Å². The van der Waals surface area contributed by atoms with Crippen LogP contribution >= 0.6 is 0 Å². The van der Waals surface area contributed by atoms with E-state index in [2.05, 4.69) is 15.4 Å². The molecule has 0 heterocycles. The van der Waals surface area contributed by atoms with Crippen LogP contribution in [0.15, 0.2) is 0 Å². The van der Waals surface area contributed by atoms with Gasteiger partial charge in [-0.2, -0.15) is 0 Å². The number of nitrogens with one attached hydrogen (secondary N) is 2. The molecule has 4 heteroatoms. The van der Waals surface area contributed by atoms with E-state index >= 15 is 0 Å². The van der Waals surface area contributed by atoms with Crippen LogP contribution in [0.3, 0.4) is 0 Å². The van der Waals surface area contributed by atoms with E-state index in [9.17, 15) is 4.79 Å². The van der Waals surface area contributed by atoms with Crippen molar-refractivity contribution in [1.82, 2.24) is 10.6 Å². The standard InChI is InChI=1S/C7H16N2O2/c1-3-8-4-5-9-7(10)6-11-2/h8H,3-6H2,1-2H3,(H,9,10). The minimum atomic E-state index is -0.0644. The molecule has 0 fully saturated rings. The zero-order chi connectivity index (χ0) is 8.53. The topological polar surface area (TPSA) is 50.4 Å². The van der Waals surface area contributed by atoms with Crippen LogP contribution in [0.2, 0.25) is 0 Å². The first kappa shape index (κ1) is 10.4. The van der Waals surface area contributed by atoms with E-state index < -0.39 is 0 Å². The summed E-state index contributed by atoms with van der Waals surface area (Å²) in [6.07, 6.45) is 0. The molecule has 0 atom stereocenters. The molecule has 0 aromatic carbocycles. The Morgan fingerprint density at radius 1 is 1.45 bits per heavy atom. The number of likely N-dealkylation sites (N-methyl/N-ethyl adjacent to an activating group) is 1. The lowest BCUT2D eigenvalue weighted by Gasteiger charge is -2.03. The third kappa shape index (κ3) is 7.29. The van der Waals surface area contributed by atoms with Crippen LogP contribution in [0.4, 0.5) is 0 Å². The lowest BCUT2D eigenvalue weighted by molar-refractivity contribution is -0.124. The van der Waals surface area contributed by atoms with Crippen molar-refractivity contribution in [2.45, 2.75) is 6.92 Å². The monoisotopic (exact) mass is 160 g/mol. The fourth-order valence-corrected chi connectivity index (χ4v) is 0.649. The molecule has 0 aliphatic rings. The average molecular weight is 160 g/mol. The van der Waals surface area contributed by atoms with Crippen molar-refractivity contribution in [3.63, 3.8) is 0 Å². The van der Waals surface area contributed by atoms with Crippen LogP contribution in [0, 0.1) is 0 Å². The molecule has 0 saturated carbocycles. The van der Waals surface area contributed by atoms with Crippen molar-refractivity contribution in [2.75, 3.05) is 33.4 Å². The molecule has 0 aliphatic heterocycles. The number of methoxy groups -OCH3 is 1. The van der Waals surface area contributed by atoms with Gasteiger partial charge in [0, 0.05) is 20.2 Å². The van der Waals surface area contributed by atoms with Crippen molar-refractivity contribution >= 4 is 5.91 Å². The molecular weight excluding hydrogens is 144 g/mol. The van der Waals surface area contributed by atoms with Gasteiger partial charge in [-0.3, -0.25) is 4.79 Å². The normalized spacial score (nSPS) is 9.64. The summed E-state index contributed by atoms with van der Waals surface area (Å²) in [6, 6.07) is 0. The summed E-state index contributed by atoms with van der Waals surface area (Å²) in [6.45, 7) is 4.57. The van der Waals surface area contributed by atoms with Gasteiger partial charge in [-0.1, -0.05) is 6.92 Å². The largest absolute Gasteiger partial charge is 0.375 e. The summed E-state index contributed by atoms with van der Waals surface area (Å²) in [5, 5.41) is 5.78. The maximum atomic E-state index is 10.7. The van der Waals surface area contributed by atoms with Gasteiger partial charge < -0.3 is 15.4 Å². The van der Waals surface area contributed by atoms with Crippen LogP contribution < -0.4 is 10.6 Å². The highest BCUT2D eigenvalue weighted by molar-refractivity contribution is 5.77. The third-order valence-electron chi connectivity index (χ3n) is 1.15. The Bertz CT molecular complexity index is 107. The molecule has 1 amide bonds. The van der Waals surface area contributed by atoms with Gasteiger partial charge in [0.2, 0.25) is 5.91 Å². The number of carbonyl (C=O) groups excluding carboxylic acids is 1. The van der Waals surface area contributed by atoms with Gasteiger partial charge in [-0.25, -0.2) is 0 Å². The zero-order valence-corrected chi connectivity index (χ0v) is 7.14. The first-order valence-electron chi connectivity index (χ1n) is 3.77. The van der Waals surface area contributed by atoms with Crippen LogP contribution in [0.25, 0.3) is 0 Å². The number of hydrogen-bond acceptors (Lipinski definition) is 3. The molecule has 11 heavy (non-hydrogen) atoms. The summed E-state index contributed by atoms with van der Waals surface area (Å²) in [4.78, 5) is 10.7. The zero-order valence-electron chi connectivity index (χ0n) is 7.14. The van der Waals surface area contributed by atoms with Gasteiger partial charge in [0.25, 0.3) is 0 Å². The molecule has 0 aromatic heterocycles. The van der Waals surface area contributed by atoms with Gasteiger partial charge in [0.1, 0.15) is 6.61 Å². The first-order valence-corrected chi connectivity index (χ1v) is 3.77. The summed E-state index contributed by atoms with van der Waals surface area (Å²) < 4.78 is 4.63. The van der Waals surface area contributed by atoms with Crippen LogP contribution in [0.1, 0.15) is 6.92 Å². The molecular formula is C7H16N2O2. The van der Waals surface area contributed by atoms with E-state index in [1.807, 2.05) is 6.92 Å². The number of hydrogen-bond donors (Lipinski definition) is 2. The van der Waals surface area contributed by atoms with Crippen molar-refractivity contribution in [2.24, 2.45) is 0 Å². The van der Waals surface area contributed by atoms with Gasteiger partial charge in [-0.15, -0.1) is 0 Å². The summed E-state index contributed by atoms with van der Waals surface area (Å²) in [7, 11) is 1.50. The molecule has 0 rings (SSSR count). The first-order chi connectivity index (χ1) is 5.31. The van der Waals surface area contributed by atoms with Gasteiger partial charge in [0.05, 0.1) is 0 Å². The molecule has 0 bridgehead atoms. The molecule has 2 N–H and O–H groups in total. The van der Waals surface area contributed by atoms with Crippen LogP contribution in [-0.4, -0.2) is 39.3 Å². The molecule has 0 saturated heterocycles. The Morgan fingerprint density at radius 3 is 2.73 bits per heavy atom. The van der Waals surface area contributed by atoms with E-state index in [1.165, 1.54) is 7.11 Å². The highest BCUT2D eigenvalue weighted by Gasteiger charge is 1.96. The fraction of sp³-hybridized carbons (Fsp3) is 0.857. The Balaban J connectivity index is 3.04. The third-order valence-corrected chi connectivity index (χ3v) is 1.15. The van der Waals surface area contributed by atoms with Crippen molar-refractivity contribution < 1.29 is 9.53 Å². The van der Waals surface area contributed by atoms with E-state index in [1.54, 1.807) is 0 Å². The fourth-order valence-electron chi connectivity index (χ4n) is 0.649. The molecule has 0 aromatic rings. The highest BCUT2D eigenvalue weighted by Crippen LogP contribution is 1.67. The van der Waals surface area contributed by atoms with E-state index in [4.69, 9.17) is 0 Å². The Hall–Kier alpha value is -0.610. The van der Waals surface area contributed by atoms with Crippen LogP contribution in [-0.2, 0) is 9.53 Å². The predicted octanol–water partition coefficient (Wildman–Crippen LogP) is -0.641. The quantitative estimate of drug-likeness (QED) is 0.508. The molecule has 0 aliphatic carbocycles. The SMILES string of the molecule is CCNCCNC(=O)COC. The summed E-state index contributed by atoms with van der Waals surface area (Å²) in [5.41, 5.74) is 0. The number of amides is 1. The van der Waals surface area contributed by atoms with Gasteiger partial charge >= 0.3 is 0 Å². The summed E-state index contributed by atoms with van der Waals surface area (Å²) in [5.74, 6) is -0.0644. The smallest absolute Gasteiger partial charge is 0.246 e. The second kappa shape index (κ2) is 7.50. The molecule has 0 spiro atoms. The van der Waals surface area contributed by atoms with Crippen molar-refractivity contribution in [1.29, 1.82) is 0 Å². The Morgan fingerprint density at radius 2 is 2.18 bits per heavy atom. The Labute approximate surface area is 67.3 Å². The van der Waals surface area contributed by atoms with Gasteiger partial charge in [-0.05, 0) is 6.54 Å². The van der Waals surface area contributed by atoms with E-state index in [0.717, 1.165) is 13.1 Å². The number of carbonyl (C=O) groups is 1. The lowest BCUT2D eigenvalue weighted by Crippen LogP contribution is -2.33. The predicted molar refractivity (Wildman–Crippen MR) is 43.4 cm³/mol. The minimum Gasteiger partial charge on any atom is -0.375 e. The lowest BCUT2D eigenvalue weighted by atomic mass is 10.5. The molecule has 4 nitrogen and oxygen atoms in total. The van der Waals surface area contributed by atoms with Crippen molar-refractivity contribution in [3.8, 4) is 0 Å². The van der Waals surface area contributed by atoms with E-state index in [0.29, 0.717) is 6.54 Å². The average Bonchev–Trinajstić information content (AvgIpc) is 1.99. The second-order valence-electron chi connectivity index (χ2n) is 2.14. The van der Waals surface area contributed by atoms with E-state index in [-0.39, 0.29) is 12.5 Å². The minimum absolute atomic E-state index is 0.0644. The maximum Gasteiger partial charge on any atom is 0.246 e. The van der Waals surface area contributed by atoms with Crippen molar-refractivity contribution in [3.05, 3.63) is 0 Å². The maximum absolute atomic E-state index is 10.7. The van der Waals surface area contributed by atoms with Gasteiger partial charge in [0.15, 0.2) is 0 Å². The Kier molecular flexibility index (Phi) is 7.08. The number of ether oxygens (including phenoxy) is 1. The summed E-state index contributed by atoms with van der Waals surface area (Å²) >= 11 is 0. The molecule has 0 unspecified atom stereocenters. The second-order valence-corrected chi connectivity index (χ2v) is 2.14. The molecule has 0 radical (unpaired) electrons. The number of rotatable bonds is 6. The highest BCUT2D eigenvalue weighted by atomic mass is 16.5. The molecule has 66 valence electrons.